The number of hydrogen-bond donors (Lipinski definition) is 0. The van der Waals surface area contributed by atoms with Gasteiger partial charge >= 0.3 is 5.97 Å². The molecule has 1 aliphatic carbocycles. The number of allylic oxidation sites excluding steroid dienone is 2. The van der Waals surface area contributed by atoms with Gasteiger partial charge in [0.2, 0.25) is 0 Å². The minimum absolute atomic E-state index is 0.198. The highest BCUT2D eigenvalue weighted by atomic mass is 16.5. The third-order valence-electron chi connectivity index (χ3n) is 1.75. The molecule has 0 heterocycles. The highest BCUT2D eigenvalue weighted by Gasteiger charge is 2.07. The molecule has 66 valence electrons. The third-order valence-corrected chi connectivity index (χ3v) is 1.75. The molecule has 2 nitrogen and oxygen atoms in total. The second-order valence-corrected chi connectivity index (χ2v) is 2.71. The van der Waals surface area contributed by atoms with Crippen LogP contribution < -0.4 is 0 Å². The van der Waals surface area contributed by atoms with Crippen LogP contribution in [0.15, 0.2) is 23.8 Å². The topological polar surface area (TPSA) is 26.3 Å². The first kappa shape index (κ1) is 9.04. The Bertz CT molecular complexity index is 214. The maximum absolute atomic E-state index is 11.2. The molecule has 1 aliphatic rings. The average Bonchev–Trinajstić information content (AvgIpc) is 2.32. The van der Waals surface area contributed by atoms with Gasteiger partial charge in [-0.15, -0.1) is 0 Å². The van der Waals surface area contributed by atoms with E-state index in [2.05, 4.69) is 0 Å². The molecule has 0 N–H and O–H groups in total. The normalized spacial score (nSPS) is 16.6. The SMILES string of the molecule is CCOC(=O)C1=CCCCC=C1. The number of ether oxygens (including phenoxy) is 1. The van der Waals surface area contributed by atoms with Crippen molar-refractivity contribution in [2.75, 3.05) is 6.61 Å². The van der Waals surface area contributed by atoms with E-state index >= 15 is 0 Å². The predicted octanol–water partition coefficient (Wildman–Crippen LogP) is 2.22. The maximum atomic E-state index is 11.2. The summed E-state index contributed by atoms with van der Waals surface area (Å²) in [7, 11) is 0. The number of carbonyl (C=O) groups excluding carboxylic acids is 1. The molecule has 0 saturated heterocycles. The summed E-state index contributed by atoms with van der Waals surface area (Å²) < 4.78 is 4.88. The van der Waals surface area contributed by atoms with Gasteiger partial charge in [0.1, 0.15) is 0 Å². The second-order valence-electron chi connectivity index (χ2n) is 2.71. The Morgan fingerprint density at radius 3 is 3.17 bits per heavy atom. The molecule has 0 aromatic rings. The Morgan fingerprint density at radius 2 is 2.42 bits per heavy atom. The van der Waals surface area contributed by atoms with Gasteiger partial charge in [-0.25, -0.2) is 4.79 Å². The molecule has 0 atom stereocenters. The molecule has 0 aromatic carbocycles. The average molecular weight is 166 g/mol. The van der Waals surface area contributed by atoms with E-state index in [-0.39, 0.29) is 5.97 Å². The quantitative estimate of drug-likeness (QED) is 0.588. The number of rotatable bonds is 2. The predicted molar refractivity (Wildman–Crippen MR) is 47.7 cm³/mol. The van der Waals surface area contributed by atoms with Crippen molar-refractivity contribution in [1.29, 1.82) is 0 Å². The van der Waals surface area contributed by atoms with Crippen molar-refractivity contribution >= 4 is 5.97 Å². The molecule has 12 heavy (non-hydrogen) atoms. The molecule has 0 aromatic heterocycles. The zero-order valence-corrected chi connectivity index (χ0v) is 7.38. The molecule has 2 heteroatoms. The van der Waals surface area contributed by atoms with Crippen LogP contribution in [0.4, 0.5) is 0 Å². The van der Waals surface area contributed by atoms with E-state index in [1.165, 1.54) is 0 Å². The van der Waals surface area contributed by atoms with Crippen LogP contribution in [-0.2, 0) is 9.53 Å². The summed E-state index contributed by atoms with van der Waals surface area (Å²) in [4.78, 5) is 11.2. The number of carbonyl (C=O) groups is 1. The van der Waals surface area contributed by atoms with Crippen LogP contribution in [-0.4, -0.2) is 12.6 Å². The minimum Gasteiger partial charge on any atom is -0.462 e. The Hall–Kier alpha value is -1.05. The molecule has 1 rings (SSSR count). The Kier molecular flexibility index (Phi) is 3.58. The van der Waals surface area contributed by atoms with Crippen LogP contribution in [0.25, 0.3) is 0 Å². The van der Waals surface area contributed by atoms with Crippen molar-refractivity contribution in [1.82, 2.24) is 0 Å². The van der Waals surface area contributed by atoms with Crippen LogP contribution in [0.2, 0.25) is 0 Å². The summed E-state index contributed by atoms with van der Waals surface area (Å²) in [5.41, 5.74) is 0.703. The van der Waals surface area contributed by atoms with Crippen LogP contribution in [0.5, 0.6) is 0 Å². The zero-order chi connectivity index (χ0) is 8.81. The van der Waals surface area contributed by atoms with Gasteiger partial charge in [-0.2, -0.15) is 0 Å². The van der Waals surface area contributed by atoms with E-state index in [0.29, 0.717) is 12.2 Å². The van der Waals surface area contributed by atoms with E-state index in [1.54, 1.807) is 0 Å². The standard InChI is InChI=1S/C10H14O2/c1-2-12-10(11)9-7-5-3-4-6-8-9/h5,7-8H,2-4,6H2,1H3. The number of hydrogen-bond acceptors (Lipinski definition) is 2. The summed E-state index contributed by atoms with van der Waals surface area (Å²) in [6, 6.07) is 0. The van der Waals surface area contributed by atoms with Crippen LogP contribution >= 0.6 is 0 Å². The van der Waals surface area contributed by atoms with Crippen molar-refractivity contribution < 1.29 is 9.53 Å². The summed E-state index contributed by atoms with van der Waals surface area (Å²) >= 11 is 0. The van der Waals surface area contributed by atoms with E-state index in [1.807, 2.05) is 25.2 Å². The van der Waals surface area contributed by atoms with Gasteiger partial charge in [-0.1, -0.05) is 18.2 Å². The second kappa shape index (κ2) is 4.75. The molecule has 0 unspecified atom stereocenters. The first-order valence-electron chi connectivity index (χ1n) is 4.38. The first-order chi connectivity index (χ1) is 5.84. The van der Waals surface area contributed by atoms with Gasteiger partial charge in [-0.3, -0.25) is 0 Å². The van der Waals surface area contributed by atoms with Crippen LogP contribution in [0.1, 0.15) is 26.2 Å². The van der Waals surface area contributed by atoms with Crippen molar-refractivity contribution in [3.8, 4) is 0 Å². The Labute approximate surface area is 72.9 Å². The van der Waals surface area contributed by atoms with Gasteiger partial charge in [-0.05, 0) is 26.2 Å². The maximum Gasteiger partial charge on any atom is 0.337 e. The lowest BCUT2D eigenvalue weighted by Crippen LogP contribution is -2.05. The lowest BCUT2D eigenvalue weighted by Gasteiger charge is -2.00. The highest BCUT2D eigenvalue weighted by Crippen LogP contribution is 2.11. The van der Waals surface area contributed by atoms with Crippen LogP contribution in [0, 0.1) is 0 Å². The van der Waals surface area contributed by atoms with Crippen molar-refractivity contribution in [2.45, 2.75) is 26.2 Å². The lowest BCUT2D eigenvalue weighted by molar-refractivity contribution is -0.138. The fourth-order valence-corrected chi connectivity index (χ4v) is 1.14. The minimum atomic E-state index is -0.198. The molecule has 0 saturated carbocycles. The Morgan fingerprint density at radius 1 is 1.58 bits per heavy atom. The summed E-state index contributed by atoms with van der Waals surface area (Å²) in [5.74, 6) is -0.198. The molecule has 0 fully saturated rings. The highest BCUT2D eigenvalue weighted by molar-refractivity contribution is 5.91. The lowest BCUT2D eigenvalue weighted by atomic mass is 10.2. The molecule has 0 bridgehead atoms. The molecule has 0 spiro atoms. The van der Waals surface area contributed by atoms with Gasteiger partial charge in [0.15, 0.2) is 0 Å². The van der Waals surface area contributed by atoms with E-state index in [9.17, 15) is 4.79 Å². The largest absolute Gasteiger partial charge is 0.462 e. The monoisotopic (exact) mass is 166 g/mol. The molecule has 0 aliphatic heterocycles. The molecular weight excluding hydrogens is 152 g/mol. The summed E-state index contributed by atoms with van der Waals surface area (Å²) in [6.07, 6.45) is 8.97. The van der Waals surface area contributed by atoms with E-state index in [0.717, 1.165) is 19.3 Å². The summed E-state index contributed by atoms with van der Waals surface area (Å²) in [6.45, 7) is 2.27. The smallest absolute Gasteiger partial charge is 0.337 e. The van der Waals surface area contributed by atoms with Crippen LogP contribution in [0.3, 0.4) is 0 Å². The van der Waals surface area contributed by atoms with Crippen molar-refractivity contribution in [3.63, 3.8) is 0 Å². The fraction of sp³-hybridized carbons (Fsp3) is 0.500. The third kappa shape index (κ3) is 2.53. The van der Waals surface area contributed by atoms with Gasteiger partial charge < -0.3 is 4.74 Å². The zero-order valence-electron chi connectivity index (χ0n) is 7.38. The van der Waals surface area contributed by atoms with Crippen molar-refractivity contribution in [3.05, 3.63) is 23.8 Å². The van der Waals surface area contributed by atoms with Gasteiger partial charge in [0.25, 0.3) is 0 Å². The molecule has 0 amide bonds. The van der Waals surface area contributed by atoms with E-state index in [4.69, 9.17) is 4.74 Å². The molecule has 0 radical (unpaired) electrons. The van der Waals surface area contributed by atoms with Gasteiger partial charge in [0.05, 0.1) is 12.2 Å². The summed E-state index contributed by atoms with van der Waals surface area (Å²) in [5, 5.41) is 0. The fourth-order valence-electron chi connectivity index (χ4n) is 1.14. The van der Waals surface area contributed by atoms with Crippen molar-refractivity contribution in [2.24, 2.45) is 0 Å². The van der Waals surface area contributed by atoms with E-state index < -0.39 is 0 Å². The first-order valence-corrected chi connectivity index (χ1v) is 4.38. The number of esters is 1. The van der Waals surface area contributed by atoms with Gasteiger partial charge in [0, 0.05) is 0 Å². The Balaban J connectivity index is 2.58. The molecular formula is C10H14O2.